The third kappa shape index (κ3) is 3.26. The molecule has 27 heavy (non-hydrogen) atoms. The molecule has 142 valence electrons. The molecule has 0 aliphatic carbocycles. The van der Waals surface area contributed by atoms with Crippen LogP contribution >= 0.6 is 0 Å². The van der Waals surface area contributed by atoms with Gasteiger partial charge in [-0.1, -0.05) is 12.1 Å². The summed E-state index contributed by atoms with van der Waals surface area (Å²) in [6, 6.07) is 9.89. The molecule has 3 rings (SSSR count). The fourth-order valence-corrected chi connectivity index (χ4v) is 4.30. The largest absolute Gasteiger partial charge is 0.480 e. The predicted octanol–water partition coefficient (Wildman–Crippen LogP) is 4.26. The number of rotatable bonds is 4. The van der Waals surface area contributed by atoms with Crippen LogP contribution in [0.3, 0.4) is 0 Å². The van der Waals surface area contributed by atoms with Crippen LogP contribution in [0.15, 0.2) is 30.3 Å². The van der Waals surface area contributed by atoms with Crippen molar-refractivity contribution in [3.8, 4) is 6.07 Å². The van der Waals surface area contributed by atoms with Crippen molar-refractivity contribution in [2.45, 2.75) is 58.2 Å². The highest BCUT2D eigenvalue weighted by molar-refractivity contribution is 5.87. The van der Waals surface area contributed by atoms with E-state index in [0.29, 0.717) is 12.0 Å². The first-order chi connectivity index (χ1) is 12.7. The van der Waals surface area contributed by atoms with Crippen molar-refractivity contribution >= 4 is 22.9 Å². The van der Waals surface area contributed by atoms with Crippen LogP contribution in [-0.2, 0) is 11.3 Å². The van der Waals surface area contributed by atoms with Crippen molar-refractivity contribution in [3.63, 3.8) is 0 Å². The number of aliphatic carboxylic acids is 1. The molecule has 1 saturated heterocycles. The second-order valence-electron chi connectivity index (χ2n) is 8.19. The molecule has 0 radical (unpaired) electrons. The average molecular weight is 365 g/mol. The zero-order valence-corrected chi connectivity index (χ0v) is 16.5. The Balaban J connectivity index is 2.08. The minimum atomic E-state index is -0.981. The van der Waals surface area contributed by atoms with Crippen molar-refractivity contribution in [3.05, 3.63) is 41.6 Å². The van der Waals surface area contributed by atoms with Gasteiger partial charge in [0.1, 0.15) is 5.54 Å². The number of nitriles is 1. The molecule has 2 aromatic rings. The molecular weight excluding hydrogens is 338 g/mol. The van der Waals surface area contributed by atoms with Crippen molar-refractivity contribution < 1.29 is 9.90 Å². The first kappa shape index (κ1) is 19.2. The second-order valence-corrected chi connectivity index (χ2v) is 8.19. The maximum Gasteiger partial charge on any atom is 0.328 e. The third-order valence-corrected chi connectivity index (χ3v) is 5.51. The highest BCUT2D eigenvalue weighted by Gasteiger charge is 2.49. The monoisotopic (exact) mass is 365 g/mol. The van der Waals surface area contributed by atoms with Gasteiger partial charge in [-0.25, -0.2) is 4.79 Å². The molecule has 1 aliphatic heterocycles. The fourth-order valence-electron chi connectivity index (χ4n) is 4.30. The van der Waals surface area contributed by atoms with E-state index in [1.54, 1.807) is 0 Å². The van der Waals surface area contributed by atoms with Gasteiger partial charge in [-0.15, -0.1) is 0 Å². The zero-order valence-electron chi connectivity index (χ0n) is 16.5. The van der Waals surface area contributed by atoms with E-state index >= 15 is 0 Å². The van der Waals surface area contributed by atoms with Gasteiger partial charge in [0.15, 0.2) is 0 Å². The summed E-state index contributed by atoms with van der Waals surface area (Å²) in [5, 5.41) is 20.3. The lowest BCUT2D eigenvalue weighted by Gasteiger charge is -2.42. The van der Waals surface area contributed by atoms with Crippen LogP contribution < -0.4 is 0 Å². The van der Waals surface area contributed by atoms with Gasteiger partial charge in [0, 0.05) is 35.2 Å². The van der Waals surface area contributed by atoms with Crippen LogP contribution in [0.5, 0.6) is 0 Å². The van der Waals surface area contributed by atoms with Crippen molar-refractivity contribution in [1.82, 2.24) is 9.47 Å². The molecule has 1 aromatic carbocycles. The van der Waals surface area contributed by atoms with E-state index in [-0.39, 0.29) is 5.54 Å². The maximum absolute atomic E-state index is 12.3. The summed E-state index contributed by atoms with van der Waals surface area (Å²) in [7, 11) is 0. The fraction of sp³-hybridized carbons (Fsp3) is 0.455. The molecule has 0 spiro atoms. The summed E-state index contributed by atoms with van der Waals surface area (Å²) in [6.45, 7) is 9.78. The van der Waals surface area contributed by atoms with Crippen molar-refractivity contribution in [1.29, 1.82) is 5.26 Å². The van der Waals surface area contributed by atoms with Gasteiger partial charge in [-0.2, -0.15) is 5.26 Å². The third-order valence-electron chi connectivity index (χ3n) is 5.51. The Hall–Kier alpha value is -2.58. The van der Waals surface area contributed by atoms with Crippen LogP contribution in [0.4, 0.5) is 0 Å². The van der Waals surface area contributed by atoms with Crippen molar-refractivity contribution in [2.75, 3.05) is 6.54 Å². The summed E-state index contributed by atoms with van der Waals surface area (Å²) in [6.07, 6.45) is 5.28. The summed E-state index contributed by atoms with van der Waals surface area (Å²) >= 11 is 0. The van der Waals surface area contributed by atoms with Crippen LogP contribution in [0.25, 0.3) is 17.0 Å². The molecule has 0 saturated carbocycles. The van der Waals surface area contributed by atoms with Crippen LogP contribution in [0.2, 0.25) is 0 Å². The van der Waals surface area contributed by atoms with Gasteiger partial charge in [0.05, 0.1) is 11.6 Å². The molecule has 5 heteroatoms. The molecular formula is C22H27N3O2. The Morgan fingerprint density at radius 1 is 1.37 bits per heavy atom. The molecule has 1 N–H and O–H groups in total. The first-order valence-corrected chi connectivity index (χ1v) is 9.46. The number of benzene rings is 1. The van der Waals surface area contributed by atoms with E-state index in [9.17, 15) is 15.2 Å². The number of fused-ring (bicyclic) bond motifs is 1. The van der Waals surface area contributed by atoms with E-state index in [1.165, 1.54) is 0 Å². The summed E-state index contributed by atoms with van der Waals surface area (Å²) in [5.41, 5.74) is 1.38. The Morgan fingerprint density at radius 2 is 2.11 bits per heavy atom. The Labute approximate surface area is 160 Å². The average Bonchev–Trinajstić information content (AvgIpc) is 3.20. The van der Waals surface area contributed by atoms with Gasteiger partial charge in [0.25, 0.3) is 0 Å². The number of likely N-dealkylation sites (tertiary alicyclic amines) is 1. The standard InChI is InChI=1S/C22H27N3O2/c1-5-24-18(14-17-8-7-16(15-23)13-19(17)24)9-11-22(20(26)27)10-6-12-25(22)21(2,3)4/h7-9,11,13-14H,5-6,10,12H2,1-4H3,(H,26,27)/t22-/m0/s1. The number of carboxylic acids is 1. The second kappa shape index (κ2) is 6.86. The molecule has 0 unspecified atom stereocenters. The normalized spacial score (nSPS) is 21.1. The number of aromatic nitrogens is 1. The number of nitrogens with zero attached hydrogens (tertiary/aromatic N) is 3. The quantitative estimate of drug-likeness (QED) is 0.879. The predicted molar refractivity (Wildman–Crippen MR) is 107 cm³/mol. The lowest BCUT2D eigenvalue weighted by molar-refractivity contribution is -0.149. The summed E-state index contributed by atoms with van der Waals surface area (Å²) in [4.78, 5) is 14.4. The molecule has 2 heterocycles. The van der Waals surface area contributed by atoms with E-state index in [2.05, 4.69) is 49.3 Å². The number of hydrogen-bond donors (Lipinski definition) is 1. The minimum Gasteiger partial charge on any atom is -0.480 e. The van der Waals surface area contributed by atoms with Gasteiger partial charge < -0.3 is 9.67 Å². The molecule has 1 fully saturated rings. The first-order valence-electron chi connectivity index (χ1n) is 9.46. The number of hydrogen-bond acceptors (Lipinski definition) is 3. The molecule has 0 amide bonds. The topological polar surface area (TPSA) is 69.3 Å². The van der Waals surface area contributed by atoms with E-state index in [1.807, 2.05) is 30.4 Å². The number of aryl methyl sites for hydroxylation is 1. The molecule has 1 atom stereocenters. The van der Waals surface area contributed by atoms with Gasteiger partial charge in [0.2, 0.25) is 0 Å². The molecule has 1 aliphatic rings. The van der Waals surface area contributed by atoms with Crippen LogP contribution in [0.1, 0.15) is 51.8 Å². The van der Waals surface area contributed by atoms with Crippen LogP contribution in [-0.4, -0.2) is 38.2 Å². The number of carbonyl (C=O) groups is 1. The number of carboxylic acid groups (broad SMARTS) is 1. The van der Waals surface area contributed by atoms with Crippen LogP contribution in [0, 0.1) is 11.3 Å². The minimum absolute atomic E-state index is 0.224. The smallest absolute Gasteiger partial charge is 0.328 e. The van der Waals surface area contributed by atoms with Gasteiger partial charge in [-0.3, -0.25) is 4.90 Å². The van der Waals surface area contributed by atoms with Crippen molar-refractivity contribution in [2.24, 2.45) is 0 Å². The van der Waals surface area contributed by atoms with E-state index in [0.717, 1.165) is 36.1 Å². The lowest BCUT2D eigenvalue weighted by atomic mass is 9.91. The van der Waals surface area contributed by atoms with Gasteiger partial charge in [-0.05, 0) is 64.8 Å². The van der Waals surface area contributed by atoms with E-state index in [4.69, 9.17) is 0 Å². The Morgan fingerprint density at radius 3 is 2.70 bits per heavy atom. The molecule has 0 bridgehead atoms. The maximum atomic E-state index is 12.3. The summed E-state index contributed by atoms with van der Waals surface area (Å²) < 4.78 is 2.12. The van der Waals surface area contributed by atoms with E-state index < -0.39 is 11.5 Å². The van der Waals surface area contributed by atoms with Gasteiger partial charge >= 0.3 is 5.97 Å². The summed E-state index contributed by atoms with van der Waals surface area (Å²) in [5.74, 6) is -0.794. The Kier molecular flexibility index (Phi) is 4.88. The zero-order chi connectivity index (χ0) is 19.8. The lowest BCUT2D eigenvalue weighted by Crippen LogP contribution is -2.56. The SMILES string of the molecule is CCn1c(C=C[C@]2(C(=O)O)CCCN2C(C)(C)C)cc2ccc(C#N)cc21. The molecule has 1 aromatic heterocycles. The Bertz CT molecular complexity index is 943. The molecule has 5 nitrogen and oxygen atoms in total. The highest BCUT2D eigenvalue weighted by atomic mass is 16.4. The highest BCUT2D eigenvalue weighted by Crippen LogP contribution is 2.37.